The van der Waals surface area contributed by atoms with E-state index in [1.54, 1.807) is 0 Å². The molecule has 22 heavy (non-hydrogen) atoms. The van der Waals surface area contributed by atoms with E-state index in [2.05, 4.69) is 0 Å². The minimum absolute atomic E-state index is 0. The summed E-state index contributed by atoms with van der Waals surface area (Å²) in [7, 11) is -4.37. The second-order valence-corrected chi connectivity index (χ2v) is 6.07. The first-order valence-electron chi connectivity index (χ1n) is 5.57. The van der Waals surface area contributed by atoms with Crippen LogP contribution in [0.1, 0.15) is 5.56 Å². The van der Waals surface area contributed by atoms with Gasteiger partial charge in [-0.3, -0.25) is 4.90 Å². The predicted octanol–water partition coefficient (Wildman–Crippen LogP) is -10.9. The van der Waals surface area contributed by atoms with E-state index in [4.69, 9.17) is 14.4 Å². The third-order valence-electron chi connectivity index (χ3n) is 2.45. The van der Waals surface area contributed by atoms with E-state index in [-0.39, 0.29) is 70.8 Å². The summed E-state index contributed by atoms with van der Waals surface area (Å²) in [5, 5.41) is 21.0. The Labute approximate surface area is 172 Å². The van der Waals surface area contributed by atoms with Crippen LogP contribution in [0.4, 0.5) is 0 Å². The molecule has 0 aliphatic carbocycles. The molecule has 0 aliphatic rings. The van der Waals surface area contributed by atoms with Crippen LogP contribution in [-0.2, 0) is 16.1 Å². The van der Waals surface area contributed by atoms with Crippen LogP contribution in [0.2, 0.25) is 0 Å². The number of aliphatic carboxylic acids is 2. The van der Waals surface area contributed by atoms with Crippen LogP contribution in [0.25, 0.3) is 0 Å². The molecule has 0 saturated heterocycles. The molecule has 1 aromatic carbocycles. The van der Waals surface area contributed by atoms with Gasteiger partial charge in [0.25, 0.3) is 0 Å². The molecule has 0 fully saturated rings. The second-order valence-electron chi connectivity index (χ2n) is 4.22. The molecule has 1 aromatic rings. The number of hydrogen-bond donors (Lipinski definition) is 3. The largest absolute Gasteiger partial charge is 1.00 e. The Kier molecular flexibility index (Phi) is 12.1. The Bertz CT molecular complexity index is 476. The maximum absolute atomic E-state index is 10.5. The smallest absolute Gasteiger partial charge is 0.549 e. The van der Waals surface area contributed by atoms with E-state index in [0.717, 1.165) is 4.90 Å². The van der Waals surface area contributed by atoms with Crippen LogP contribution in [0, 0.1) is 0 Å². The van der Waals surface area contributed by atoms with Crippen molar-refractivity contribution in [3.63, 3.8) is 0 Å². The van der Waals surface area contributed by atoms with Crippen molar-refractivity contribution in [3.05, 3.63) is 29.8 Å². The van der Waals surface area contributed by atoms with E-state index in [1.807, 2.05) is 0 Å². The van der Waals surface area contributed by atoms with E-state index in [9.17, 15) is 19.8 Å². The number of carbonyl (C=O) groups is 2. The Morgan fingerprint density at radius 2 is 1.36 bits per heavy atom. The molecule has 0 atom stereocenters. The van der Waals surface area contributed by atoms with Crippen molar-refractivity contribution in [2.45, 2.75) is 6.54 Å². The molecule has 110 valence electrons. The fourth-order valence-electron chi connectivity index (χ4n) is 1.62. The molecular formula is C11H13NNa2O7Si. The second kappa shape index (κ2) is 10.9. The SMILES string of the molecule is O=C([O-])CN(CC(=O)[O-])Cc1ccc([Si](O)(O)O)cc1.[Na+].[Na+]. The Morgan fingerprint density at radius 1 is 0.955 bits per heavy atom. The van der Waals surface area contributed by atoms with Gasteiger partial charge in [0.1, 0.15) is 0 Å². The molecule has 0 saturated carbocycles. The zero-order valence-electron chi connectivity index (χ0n) is 12.4. The maximum atomic E-state index is 10.5. The van der Waals surface area contributed by atoms with Crippen LogP contribution in [0.5, 0.6) is 0 Å². The van der Waals surface area contributed by atoms with Gasteiger partial charge in [-0.1, -0.05) is 24.3 Å². The minimum atomic E-state index is -4.37. The first kappa shape index (κ1) is 24.5. The normalized spacial score (nSPS) is 10.5. The van der Waals surface area contributed by atoms with Gasteiger partial charge in [0, 0.05) is 24.8 Å². The fraction of sp³-hybridized carbons (Fsp3) is 0.273. The Morgan fingerprint density at radius 3 is 1.68 bits per heavy atom. The third-order valence-corrected chi connectivity index (χ3v) is 3.56. The molecule has 0 bridgehead atoms. The molecule has 1 rings (SSSR count). The molecule has 0 radical (unpaired) electrons. The van der Waals surface area contributed by atoms with Crippen LogP contribution in [0.15, 0.2) is 24.3 Å². The predicted molar refractivity (Wildman–Crippen MR) is 63.8 cm³/mol. The van der Waals surface area contributed by atoms with E-state index in [1.165, 1.54) is 24.3 Å². The minimum Gasteiger partial charge on any atom is -0.549 e. The van der Waals surface area contributed by atoms with E-state index >= 15 is 0 Å². The van der Waals surface area contributed by atoms with Crippen LogP contribution >= 0.6 is 0 Å². The zero-order valence-corrected chi connectivity index (χ0v) is 17.4. The number of rotatable bonds is 7. The van der Waals surface area contributed by atoms with Crippen molar-refractivity contribution in [1.29, 1.82) is 0 Å². The van der Waals surface area contributed by atoms with Gasteiger partial charge in [-0.05, 0) is 5.56 Å². The number of benzene rings is 1. The molecule has 3 N–H and O–H groups in total. The molecule has 0 spiro atoms. The summed E-state index contributed by atoms with van der Waals surface area (Å²) < 4.78 is 0. The molecule has 0 unspecified atom stereocenters. The maximum Gasteiger partial charge on any atom is 1.00 e. The summed E-state index contributed by atoms with van der Waals surface area (Å²) in [5.74, 6) is -2.84. The zero-order chi connectivity index (χ0) is 15.3. The number of carboxylic acid groups (broad SMARTS) is 2. The van der Waals surface area contributed by atoms with Crippen LogP contribution in [-0.4, -0.2) is 53.1 Å². The van der Waals surface area contributed by atoms with Gasteiger partial charge in [-0.15, -0.1) is 0 Å². The van der Waals surface area contributed by atoms with Gasteiger partial charge in [0.05, 0.1) is 11.9 Å². The van der Waals surface area contributed by atoms with Gasteiger partial charge in [-0.25, -0.2) is 0 Å². The first-order chi connectivity index (χ1) is 9.18. The van der Waals surface area contributed by atoms with Gasteiger partial charge in [0.15, 0.2) is 0 Å². The number of hydrogen-bond acceptors (Lipinski definition) is 8. The first-order valence-corrected chi connectivity index (χ1v) is 7.41. The van der Waals surface area contributed by atoms with Crippen LogP contribution in [0.3, 0.4) is 0 Å². The standard InChI is InChI=1S/C11H15NO7Si.2Na/c13-10(14)6-12(7-11(15)16)5-8-1-3-9(4-2-8)20(17,18)19;;/h1-4,17-19H,5-7H2,(H,13,14)(H,15,16);;/q;2*+1/p-2. The molecular weight excluding hydrogens is 332 g/mol. The van der Waals surface area contributed by atoms with Crippen molar-refractivity contribution in [2.75, 3.05) is 13.1 Å². The van der Waals surface area contributed by atoms with Crippen molar-refractivity contribution < 1.29 is 93.3 Å². The topological polar surface area (TPSA) is 144 Å². The van der Waals surface area contributed by atoms with Gasteiger partial charge in [-0.2, -0.15) is 0 Å². The van der Waals surface area contributed by atoms with Gasteiger partial charge < -0.3 is 34.2 Å². The fourth-order valence-corrected chi connectivity index (χ4v) is 2.24. The summed E-state index contributed by atoms with van der Waals surface area (Å²) in [5.41, 5.74) is 0.537. The average Bonchev–Trinajstić information content (AvgIpc) is 2.26. The van der Waals surface area contributed by atoms with Crippen molar-refractivity contribution in [1.82, 2.24) is 4.90 Å². The van der Waals surface area contributed by atoms with E-state index in [0.29, 0.717) is 5.56 Å². The summed E-state index contributed by atoms with van der Waals surface area (Å²) in [6.07, 6.45) is 0. The van der Waals surface area contributed by atoms with Crippen LogP contribution < -0.4 is 74.5 Å². The van der Waals surface area contributed by atoms with Crippen molar-refractivity contribution >= 4 is 25.9 Å². The van der Waals surface area contributed by atoms with Gasteiger partial charge >= 0.3 is 67.9 Å². The molecule has 0 aromatic heterocycles. The molecule has 8 nitrogen and oxygen atoms in total. The Hall–Kier alpha value is 0.217. The number of nitrogens with zero attached hydrogens (tertiary/aromatic N) is 1. The quantitative estimate of drug-likeness (QED) is 0.413. The Balaban J connectivity index is 0. The van der Waals surface area contributed by atoms with Crippen molar-refractivity contribution in [3.8, 4) is 0 Å². The average molecular weight is 345 g/mol. The van der Waals surface area contributed by atoms with E-state index < -0.39 is 33.8 Å². The molecule has 0 aliphatic heterocycles. The summed E-state index contributed by atoms with van der Waals surface area (Å²) in [6.45, 7) is -1.15. The molecule has 0 heterocycles. The number of carbonyl (C=O) groups excluding carboxylic acids is 2. The summed E-state index contributed by atoms with van der Waals surface area (Å²) in [4.78, 5) is 49.3. The monoisotopic (exact) mass is 345 g/mol. The molecule has 11 heteroatoms. The summed E-state index contributed by atoms with van der Waals surface area (Å²) >= 11 is 0. The third kappa shape index (κ3) is 9.38. The van der Waals surface area contributed by atoms with Gasteiger partial charge in [0.2, 0.25) is 0 Å². The summed E-state index contributed by atoms with van der Waals surface area (Å²) in [6, 6.07) is 5.41. The number of carboxylic acids is 2. The van der Waals surface area contributed by atoms with Crippen molar-refractivity contribution in [2.24, 2.45) is 0 Å². The molecule has 0 amide bonds.